The smallest absolute Gasteiger partial charge is 0.0669 e. The molecule has 1 rings (SSSR count). The Labute approximate surface area is 102 Å². The number of anilines is 1. The molecule has 4 N–H and O–H groups in total. The lowest BCUT2D eigenvalue weighted by Crippen LogP contribution is -2.29. The number of nitrogens with two attached hydrogens (primary N) is 1. The normalized spacial score (nSPS) is 14.0. The molecule has 92 valence electrons. The molecule has 0 spiro atoms. The van der Waals surface area contributed by atoms with Gasteiger partial charge in [-0.25, -0.2) is 0 Å². The number of nitrogen functional groups attached to an aromatic ring is 1. The monoisotopic (exact) mass is 242 g/mol. The van der Waals surface area contributed by atoms with E-state index in [0.29, 0.717) is 6.54 Å². The zero-order valence-corrected chi connectivity index (χ0v) is 11.1. The highest BCUT2D eigenvalue weighted by atomic mass is 32.1. The van der Waals surface area contributed by atoms with Crippen LogP contribution in [0.3, 0.4) is 0 Å². The van der Waals surface area contributed by atoms with E-state index in [2.05, 4.69) is 26.1 Å². The van der Waals surface area contributed by atoms with Crippen LogP contribution in [0.2, 0.25) is 0 Å². The van der Waals surface area contributed by atoms with Gasteiger partial charge in [-0.3, -0.25) is 0 Å². The molecule has 1 aromatic heterocycles. The van der Waals surface area contributed by atoms with E-state index < -0.39 is 0 Å². The minimum Gasteiger partial charge on any atom is -0.398 e. The fraction of sp³-hybridized carbons (Fsp3) is 0.667. The van der Waals surface area contributed by atoms with Gasteiger partial charge in [0.25, 0.3) is 0 Å². The second-order valence-corrected chi connectivity index (χ2v) is 6.35. The summed E-state index contributed by atoms with van der Waals surface area (Å²) < 4.78 is 0. The number of nitrogens with one attached hydrogen (secondary N) is 1. The van der Waals surface area contributed by atoms with Gasteiger partial charge in [0.05, 0.1) is 6.10 Å². The van der Waals surface area contributed by atoms with E-state index in [1.54, 1.807) is 11.3 Å². The van der Waals surface area contributed by atoms with Crippen LogP contribution in [0.15, 0.2) is 11.4 Å². The number of thiophene rings is 1. The first-order valence-electron chi connectivity index (χ1n) is 5.59. The highest BCUT2D eigenvalue weighted by Gasteiger charge is 2.16. The lowest BCUT2D eigenvalue weighted by Gasteiger charge is -2.22. The van der Waals surface area contributed by atoms with Crippen LogP contribution in [0.1, 0.15) is 32.1 Å². The largest absolute Gasteiger partial charge is 0.398 e. The molecule has 4 heteroatoms. The third-order valence-corrected chi connectivity index (χ3v) is 3.23. The summed E-state index contributed by atoms with van der Waals surface area (Å²) in [5, 5.41) is 15.0. The first-order valence-corrected chi connectivity index (χ1v) is 6.47. The van der Waals surface area contributed by atoms with E-state index in [1.165, 1.54) is 0 Å². The zero-order chi connectivity index (χ0) is 12.2. The molecule has 1 unspecified atom stereocenters. The van der Waals surface area contributed by atoms with E-state index in [4.69, 9.17) is 5.73 Å². The second-order valence-electron chi connectivity index (χ2n) is 5.35. The first-order chi connectivity index (χ1) is 7.38. The molecule has 1 aromatic rings. The fourth-order valence-corrected chi connectivity index (χ4v) is 2.39. The maximum Gasteiger partial charge on any atom is 0.0669 e. The summed E-state index contributed by atoms with van der Waals surface area (Å²) in [6, 6.07) is 1.91. The van der Waals surface area contributed by atoms with E-state index in [0.717, 1.165) is 23.5 Å². The number of hydrogen-bond acceptors (Lipinski definition) is 4. The lowest BCUT2D eigenvalue weighted by atomic mass is 9.89. The molecule has 1 atom stereocenters. The molecule has 1 heterocycles. The predicted octanol–water partition coefficient (Wildman–Crippen LogP) is 2.22. The minimum atomic E-state index is -0.291. The lowest BCUT2D eigenvalue weighted by molar-refractivity contribution is 0.119. The quantitative estimate of drug-likeness (QED) is 0.742. The van der Waals surface area contributed by atoms with E-state index >= 15 is 0 Å². The molecule has 0 saturated heterocycles. The van der Waals surface area contributed by atoms with E-state index in [-0.39, 0.29) is 11.5 Å². The molecule has 0 radical (unpaired) electrons. The maximum absolute atomic E-state index is 9.79. The standard InChI is InChI=1S/C12H22N2OS/c1-12(2,3)6-9(15)7-14-8-11-10(13)4-5-16-11/h4-5,9,14-15H,6-8,13H2,1-3H3. The summed E-state index contributed by atoms with van der Waals surface area (Å²) in [6.45, 7) is 7.76. The number of hydrogen-bond donors (Lipinski definition) is 3. The third-order valence-electron chi connectivity index (χ3n) is 2.29. The third kappa shape index (κ3) is 4.96. The Morgan fingerprint density at radius 3 is 2.69 bits per heavy atom. The van der Waals surface area contributed by atoms with Crippen molar-refractivity contribution in [2.24, 2.45) is 5.41 Å². The van der Waals surface area contributed by atoms with Crippen molar-refractivity contribution in [3.05, 3.63) is 16.3 Å². The molecule has 0 saturated carbocycles. The van der Waals surface area contributed by atoms with Gasteiger partial charge in [0, 0.05) is 23.7 Å². The van der Waals surface area contributed by atoms with Gasteiger partial charge in [-0.05, 0) is 23.3 Å². The van der Waals surface area contributed by atoms with Gasteiger partial charge in [-0.1, -0.05) is 20.8 Å². The minimum absolute atomic E-state index is 0.170. The van der Waals surface area contributed by atoms with Gasteiger partial charge in [0.15, 0.2) is 0 Å². The summed E-state index contributed by atoms with van der Waals surface area (Å²) in [5.74, 6) is 0. The van der Waals surface area contributed by atoms with Crippen molar-refractivity contribution in [3.8, 4) is 0 Å². The summed E-state index contributed by atoms with van der Waals surface area (Å²) in [6.07, 6.45) is 0.515. The van der Waals surface area contributed by atoms with E-state index in [1.807, 2.05) is 11.4 Å². The molecular formula is C12H22N2OS. The van der Waals surface area contributed by atoms with Gasteiger partial charge in [0.2, 0.25) is 0 Å². The molecule has 0 amide bonds. The molecule has 0 bridgehead atoms. The van der Waals surface area contributed by atoms with Gasteiger partial charge >= 0.3 is 0 Å². The number of rotatable bonds is 5. The summed E-state index contributed by atoms with van der Waals surface area (Å²) >= 11 is 1.65. The molecule has 0 aliphatic rings. The SMILES string of the molecule is CC(C)(C)CC(O)CNCc1sccc1N. The van der Waals surface area contributed by atoms with Crippen molar-refractivity contribution < 1.29 is 5.11 Å². The van der Waals surface area contributed by atoms with Crippen molar-refractivity contribution in [2.45, 2.75) is 39.8 Å². The van der Waals surface area contributed by atoms with Crippen LogP contribution >= 0.6 is 11.3 Å². The molecule has 3 nitrogen and oxygen atoms in total. The van der Waals surface area contributed by atoms with Crippen molar-refractivity contribution >= 4 is 17.0 Å². The maximum atomic E-state index is 9.79. The Balaban J connectivity index is 2.23. The van der Waals surface area contributed by atoms with Crippen molar-refractivity contribution in [2.75, 3.05) is 12.3 Å². The fourth-order valence-electron chi connectivity index (χ4n) is 1.63. The summed E-state index contributed by atoms with van der Waals surface area (Å²) in [4.78, 5) is 1.14. The Bertz CT molecular complexity index is 317. The van der Waals surface area contributed by atoms with Crippen molar-refractivity contribution in [1.29, 1.82) is 0 Å². The summed E-state index contributed by atoms with van der Waals surface area (Å²) in [7, 11) is 0. The highest BCUT2D eigenvalue weighted by molar-refractivity contribution is 7.10. The molecule has 16 heavy (non-hydrogen) atoms. The van der Waals surface area contributed by atoms with Crippen LogP contribution < -0.4 is 11.1 Å². The van der Waals surface area contributed by atoms with Gasteiger partial charge in [-0.15, -0.1) is 11.3 Å². The topological polar surface area (TPSA) is 58.3 Å². The van der Waals surface area contributed by atoms with Crippen LogP contribution in [-0.2, 0) is 6.54 Å². The van der Waals surface area contributed by atoms with Crippen LogP contribution in [-0.4, -0.2) is 17.8 Å². The predicted molar refractivity (Wildman–Crippen MR) is 70.5 cm³/mol. The van der Waals surface area contributed by atoms with E-state index in [9.17, 15) is 5.11 Å². The van der Waals surface area contributed by atoms with Crippen LogP contribution in [0.25, 0.3) is 0 Å². The number of aliphatic hydroxyl groups excluding tert-OH is 1. The number of aliphatic hydroxyl groups is 1. The molecule has 0 aliphatic heterocycles. The second kappa shape index (κ2) is 5.66. The Morgan fingerprint density at radius 2 is 2.19 bits per heavy atom. The zero-order valence-electron chi connectivity index (χ0n) is 10.3. The van der Waals surface area contributed by atoms with Crippen LogP contribution in [0, 0.1) is 5.41 Å². The highest BCUT2D eigenvalue weighted by Crippen LogP contribution is 2.21. The van der Waals surface area contributed by atoms with Crippen LogP contribution in [0.5, 0.6) is 0 Å². The Hall–Kier alpha value is -0.580. The van der Waals surface area contributed by atoms with Crippen molar-refractivity contribution in [3.63, 3.8) is 0 Å². The van der Waals surface area contributed by atoms with Crippen molar-refractivity contribution in [1.82, 2.24) is 5.32 Å². The van der Waals surface area contributed by atoms with Gasteiger partial charge in [-0.2, -0.15) is 0 Å². The Morgan fingerprint density at radius 1 is 1.50 bits per heavy atom. The molecule has 0 aromatic carbocycles. The average Bonchev–Trinajstić information content (AvgIpc) is 2.48. The molecular weight excluding hydrogens is 220 g/mol. The molecule has 0 fully saturated rings. The summed E-state index contributed by atoms with van der Waals surface area (Å²) in [5.41, 5.74) is 6.77. The molecule has 0 aliphatic carbocycles. The van der Waals surface area contributed by atoms with Gasteiger partial charge in [0.1, 0.15) is 0 Å². The van der Waals surface area contributed by atoms with Crippen LogP contribution in [0.4, 0.5) is 5.69 Å². The first kappa shape index (κ1) is 13.5. The van der Waals surface area contributed by atoms with Gasteiger partial charge < -0.3 is 16.2 Å². The Kier molecular flexibility index (Phi) is 4.77. The average molecular weight is 242 g/mol.